The average Bonchev–Trinajstić information content (AvgIpc) is 2.41. The van der Waals surface area contributed by atoms with Gasteiger partial charge >= 0.3 is 0 Å². The zero-order chi connectivity index (χ0) is 14.7. The second-order valence-corrected chi connectivity index (χ2v) is 5.47. The van der Waals surface area contributed by atoms with Gasteiger partial charge in [0.15, 0.2) is 0 Å². The lowest BCUT2D eigenvalue weighted by Gasteiger charge is -2.06. The van der Waals surface area contributed by atoms with Crippen molar-refractivity contribution in [1.29, 1.82) is 0 Å². The maximum Gasteiger partial charge on any atom is 0.273 e. The molecule has 0 aliphatic rings. The van der Waals surface area contributed by atoms with E-state index in [-0.39, 0.29) is 17.2 Å². The molecule has 0 heterocycles. The molecule has 102 valence electrons. The number of aryl methyl sites for hydroxylation is 1. The van der Waals surface area contributed by atoms with E-state index in [1.807, 2.05) is 12.1 Å². The van der Waals surface area contributed by atoms with Crippen LogP contribution in [0, 0.1) is 20.6 Å². The maximum atomic E-state index is 12.0. The summed E-state index contributed by atoms with van der Waals surface area (Å²) in [5.74, 6) is -0.366. The van der Waals surface area contributed by atoms with E-state index in [4.69, 9.17) is 0 Å². The molecule has 0 aromatic heterocycles. The molecule has 0 unspecified atom stereocenters. The number of carbonyl (C=O) groups is 1. The molecule has 20 heavy (non-hydrogen) atoms. The highest BCUT2D eigenvalue weighted by Crippen LogP contribution is 2.20. The lowest BCUT2D eigenvalue weighted by molar-refractivity contribution is -0.385. The summed E-state index contributed by atoms with van der Waals surface area (Å²) < 4.78 is 1.06. The Morgan fingerprint density at radius 2 is 1.85 bits per heavy atom. The van der Waals surface area contributed by atoms with E-state index < -0.39 is 4.92 Å². The van der Waals surface area contributed by atoms with Crippen molar-refractivity contribution in [2.45, 2.75) is 6.92 Å². The van der Waals surface area contributed by atoms with Crippen molar-refractivity contribution in [2.75, 3.05) is 5.32 Å². The number of nitrogens with one attached hydrogen (secondary N) is 1. The molecular formula is C14H11IN2O3. The van der Waals surface area contributed by atoms with Gasteiger partial charge < -0.3 is 5.32 Å². The average molecular weight is 382 g/mol. The predicted molar refractivity (Wildman–Crippen MR) is 84.9 cm³/mol. The van der Waals surface area contributed by atoms with Crippen molar-refractivity contribution >= 4 is 39.9 Å². The molecular weight excluding hydrogens is 371 g/mol. The zero-order valence-corrected chi connectivity index (χ0v) is 12.7. The topological polar surface area (TPSA) is 72.2 Å². The molecule has 0 fully saturated rings. The number of anilines is 1. The minimum atomic E-state index is -0.489. The highest BCUT2D eigenvalue weighted by molar-refractivity contribution is 14.1. The number of hydrogen-bond donors (Lipinski definition) is 1. The molecule has 1 N–H and O–H groups in total. The summed E-state index contributed by atoms with van der Waals surface area (Å²) in [6.45, 7) is 1.64. The van der Waals surface area contributed by atoms with Gasteiger partial charge in [0.25, 0.3) is 11.6 Å². The Morgan fingerprint density at radius 1 is 1.20 bits per heavy atom. The Kier molecular flexibility index (Phi) is 4.33. The van der Waals surface area contributed by atoms with E-state index in [2.05, 4.69) is 27.9 Å². The number of hydrogen-bond acceptors (Lipinski definition) is 3. The number of benzene rings is 2. The van der Waals surface area contributed by atoms with Gasteiger partial charge in [-0.25, -0.2) is 0 Å². The third kappa shape index (κ3) is 3.32. The third-order valence-corrected chi connectivity index (χ3v) is 3.49. The molecule has 0 atom stereocenters. The molecule has 0 radical (unpaired) electrons. The summed E-state index contributed by atoms with van der Waals surface area (Å²) >= 11 is 2.17. The van der Waals surface area contributed by atoms with Crippen LogP contribution in [0.3, 0.4) is 0 Å². The number of nitro benzene ring substituents is 1. The Labute approximate surface area is 129 Å². The lowest BCUT2D eigenvalue weighted by Crippen LogP contribution is -2.12. The van der Waals surface area contributed by atoms with E-state index in [0.717, 1.165) is 3.57 Å². The fraction of sp³-hybridized carbons (Fsp3) is 0.0714. The third-order valence-electron chi connectivity index (χ3n) is 2.77. The van der Waals surface area contributed by atoms with Crippen LogP contribution in [0.15, 0.2) is 42.5 Å². The minimum Gasteiger partial charge on any atom is -0.322 e. The first kappa shape index (κ1) is 14.4. The number of rotatable bonds is 3. The Bertz CT molecular complexity index is 669. The van der Waals surface area contributed by atoms with Crippen LogP contribution >= 0.6 is 22.6 Å². The molecule has 0 saturated carbocycles. The Hall–Kier alpha value is -1.96. The molecule has 6 heteroatoms. The van der Waals surface area contributed by atoms with E-state index in [1.165, 1.54) is 6.07 Å². The summed E-state index contributed by atoms with van der Waals surface area (Å²) in [7, 11) is 0. The van der Waals surface area contributed by atoms with Crippen LogP contribution in [0.1, 0.15) is 15.9 Å². The molecule has 2 rings (SSSR count). The van der Waals surface area contributed by atoms with Crippen LogP contribution in [-0.2, 0) is 0 Å². The maximum absolute atomic E-state index is 12.0. The Morgan fingerprint density at radius 3 is 2.45 bits per heavy atom. The summed E-state index contributed by atoms with van der Waals surface area (Å²) in [4.78, 5) is 22.4. The van der Waals surface area contributed by atoms with Gasteiger partial charge in [-0.15, -0.1) is 0 Å². The molecule has 0 spiro atoms. The first-order valence-corrected chi connectivity index (χ1v) is 6.87. The number of amides is 1. The van der Waals surface area contributed by atoms with E-state index >= 15 is 0 Å². The normalized spacial score (nSPS) is 10.1. The summed E-state index contributed by atoms with van der Waals surface area (Å²) in [5, 5.41) is 13.6. The van der Waals surface area contributed by atoms with Crippen LogP contribution in [0.25, 0.3) is 0 Å². The first-order chi connectivity index (χ1) is 9.47. The fourth-order valence-electron chi connectivity index (χ4n) is 1.68. The van der Waals surface area contributed by atoms with Crippen molar-refractivity contribution in [2.24, 2.45) is 0 Å². The van der Waals surface area contributed by atoms with E-state index in [1.54, 1.807) is 31.2 Å². The highest BCUT2D eigenvalue weighted by Gasteiger charge is 2.14. The van der Waals surface area contributed by atoms with Gasteiger partial charge in [-0.05, 0) is 59.8 Å². The van der Waals surface area contributed by atoms with Crippen LogP contribution in [-0.4, -0.2) is 10.8 Å². The van der Waals surface area contributed by atoms with Crippen LogP contribution in [0.4, 0.5) is 11.4 Å². The van der Waals surface area contributed by atoms with Crippen molar-refractivity contribution in [1.82, 2.24) is 0 Å². The second-order valence-electron chi connectivity index (χ2n) is 4.22. The van der Waals surface area contributed by atoms with Crippen molar-refractivity contribution in [3.8, 4) is 0 Å². The van der Waals surface area contributed by atoms with E-state index in [9.17, 15) is 14.9 Å². The quantitative estimate of drug-likeness (QED) is 0.499. The molecule has 0 aliphatic carbocycles. The van der Waals surface area contributed by atoms with Gasteiger partial charge in [0.05, 0.1) is 4.92 Å². The molecule has 0 saturated heterocycles. The number of nitro groups is 1. The number of carbonyl (C=O) groups excluding carboxylic acids is 1. The molecule has 2 aromatic carbocycles. The Balaban J connectivity index is 2.23. The first-order valence-electron chi connectivity index (χ1n) is 5.79. The lowest BCUT2D eigenvalue weighted by atomic mass is 10.1. The van der Waals surface area contributed by atoms with E-state index in [0.29, 0.717) is 11.3 Å². The number of nitrogens with zero attached hydrogens (tertiary/aromatic N) is 1. The molecule has 1 amide bonds. The van der Waals surface area contributed by atoms with Crippen molar-refractivity contribution < 1.29 is 9.72 Å². The monoisotopic (exact) mass is 382 g/mol. The molecule has 0 aliphatic heterocycles. The van der Waals surface area contributed by atoms with Gasteiger partial charge in [-0.2, -0.15) is 0 Å². The highest BCUT2D eigenvalue weighted by atomic mass is 127. The van der Waals surface area contributed by atoms with Crippen molar-refractivity contribution in [3.63, 3.8) is 0 Å². The van der Waals surface area contributed by atoms with Crippen LogP contribution in [0.2, 0.25) is 0 Å². The summed E-state index contributed by atoms with van der Waals surface area (Å²) in [5.41, 5.74) is 1.39. The largest absolute Gasteiger partial charge is 0.322 e. The second kappa shape index (κ2) is 6.00. The molecule has 0 bridgehead atoms. The summed E-state index contributed by atoms with van der Waals surface area (Å²) in [6, 6.07) is 11.7. The zero-order valence-electron chi connectivity index (χ0n) is 10.6. The van der Waals surface area contributed by atoms with Gasteiger partial charge in [0.1, 0.15) is 0 Å². The van der Waals surface area contributed by atoms with Gasteiger partial charge in [-0.3, -0.25) is 14.9 Å². The smallest absolute Gasteiger partial charge is 0.273 e. The minimum absolute atomic E-state index is 0.0553. The molecule has 2 aromatic rings. The predicted octanol–water partition coefficient (Wildman–Crippen LogP) is 3.76. The van der Waals surface area contributed by atoms with Gasteiger partial charge in [0.2, 0.25) is 0 Å². The van der Waals surface area contributed by atoms with Crippen LogP contribution < -0.4 is 5.32 Å². The summed E-state index contributed by atoms with van der Waals surface area (Å²) in [6.07, 6.45) is 0. The van der Waals surface area contributed by atoms with Crippen LogP contribution in [0.5, 0.6) is 0 Å². The standard InChI is InChI=1S/C14H11IN2O3/c1-9-2-3-10(8-13(9)17(19)20)14(18)16-12-6-4-11(15)5-7-12/h2-8H,1H3,(H,16,18). The van der Waals surface area contributed by atoms with Gasteiger partial charge in [0, 0.05) is 26.5 Å². The van der Waals surface area contributed by atoms with Crippen molar-refractivity contribution in [3.05, 3.63) is 67.3 Å². The van der Waals surface area contributed by atoms with Gasteiger partial charge in [-0.1, -0.05) is 6.07 Å². The fourth-order valence-corrected chi connectivity index (χ4v) is 2.04. The molecule has 5 nitrogen and oxygen atoms in total. The SMILES string of the molecule is Cc1ccc(C(=O)Nc2ccc(I)cc2)cc1[N+](=O)[O-]. The number of halogens is 1.